The Balaban J connectivity index is 1.65. The number of benzene rings is 2. The lowest BCUT2D eigenvalue weighted by molar-refractivity contribution is -0.212. The third kappa shape index (κ3) is 2.99. The number of ether oxygens (including phenoxy) is 3. The summed E-state index contributed by atoms with van der Waals surface area (Å²) in [5.74, 6) is 1.58. The van der Waals surface area contributed by atoms with Gasteiger partial charge in [0.25, 0.3) is 0 Å². The van der Waals surface area contributed by atoms with Gasteiger partial charge in [-0.2, -0.15) is 5.10 Å². The first-order chi connectivity index (χ1) is 13.9. The largest absolute Gasteiger partial charge is 0.493 e. The van der Waals surface area contributed by atoms with E-state index >= 15 is 0 Å². The van der Waals surface area contributed by atoms with E-state index in [1.165, 1.54) is 0 Å². The van der Waals surface area contributed by atoms with Gasteiger partial charge in [0.05, 0.1) is 31.1 Å². The summed E-state index contributed by atoms with van der Waals surface area (Å²) in [6, 6.07) is 14.1. The molecule has 0 N–H and O–H groups in total. The van der Waals surface area contributed by atoms with Gasteiger partial charge in [-0.15, -0.1) is 0 Å². The van der Waals surface area contributed by atoms with Crippen molar-refractivity contribution in [2.24, 2.45) is 5.10 Å². The molecule has 1 fully saturated rings. The van der Waals surface area contributed by atoms with Gasteiger partial charge in [-0.3, -0.25) is 0 Å². The van der Waals surface area contributed by atoms with Gasteiger partial charge in [-0.25, -0.2) is 5.01 Å². The topological polar surface area (TPSA) is 43.3 Å². The van der Waals surface area contributed by atoms with E-state index < -0.39 is 5.72 Å². The molecule has 29 heavy (non-hydrogen) atoms. The molecule has 5 nitrogen and oxygen atoms in total. The van der Waals surface area contributed by atoms with Crippen LogP contribution in [0.3, 0.4) is 0 Å². The molecule has 0 aromatic heterocycles. The molecule has 1 spiro atoms. The van der Waals surface area contributed by atoms with Crippen LogP contribution in [-0.2, 0) is 4.74 Å². The van der Waals surface area contributed by atoms with E-state index in [0.717, 1.165) is 46.2 Å². The van der Waals surface area contributed by atoms with Crippen LogP contribution >= 0.6 is 11.6 Å². The molecule has 3 aliphatic rings. The zero-order valence-corrected chi connectivity index (χ0v) is 17.7. The zero-order valence-electron chi connectivity index (χ0n) is 16.9. The normalized spacial score (nSPS) is 27.1. The summed E-state index contributed by atoms with van der Waals surface area (Å²) in [6.07, 6.45) is 2.23. The van der Waals surface area contributed by atoms with Crippen LogP contribution in [0.15, 0.2) is 47.6 Å². The average molecular weight is 413 g/mol. The monoisotopic (exact) mass is 412 g/mol. The lowest BCUT2D eigenvalue weighted by Crippen LogP contribution is -2.60. The Morgan fingerprint density at radius 2 is 2.00 bits per heavy atom. The SMILES string of the molecule is COc1cccc2c1O[C@@]1(CCOC(C)(C)C1)N1N=C(c3ccccc3Cl)C[C@H]21. The number of methoxy groups -OCH3 is 1. The molecule has 0 unspecified atom stereocenters. The van der Waals surface area contributed by atoms with Crippen LogP contribution in [-0.4, -0.2) is 35.8 Å². The minimum atomic E-state index is -0.572. The highest BCUT2D eigenvalue weighted by molar-refractivity contribution is 6.34. The molecule has 2 aromatic rings. The van der Waals surface area contributed by atoms with E-state index in [1.807, 2.05) is 36.4 Å². The van der Waals surface area contributed by atoms with Crippen molar-refractivity contribution < 1.29 is 14.2 Å². The Hall–Kier alpha value is -2.24. The van der Waals surface area contributed by atoms with Gasteiger partial charge in [0.15, 0.2) is 11.5 Å². The van der Waals surface area contributed by atoms with E-state index in [9.17, 15) is 0 Å². The summed E-state index contributed by atoms with van der Waals surface area (Å²) < 4.78 is 18.4. The van der Waals surface area contributed by atoms with Gasteiger partial charge < -0.3 is 14.2 Å². The van der Waals surface area contributed by atoms with Crippen molar-refractivity contribution in [2.75, 3.05) is 13.7 Å². The maximum atomic E-state index is 6.73. The molecule has 2 atom stereocenters. The molecule has 5 rings (SSSR count). The molecule has 152 valence electrons. The second kappa shape index (κ2) is 6.64. The Kier molecular flexibility index (Phi) is 4.30. The molecule has 0 radical (unpaired) electrons. The number of halogens is 1. The minimum absolute atomic E-state index is 0.0778. The molecule has 6 heteroatoms. The fraction of sp³-hybridized carbons (Fsp3) is 0.435. The number of hydrogen-bond acceptors (Lipinski definition) is 5. The van der Waals surface area contributed by atoms with Crippen LogP contribution < -0.4 is 9.47 Å². The smallest absolute Gasteiger partial charge is 0.203 e. The van der Waals surface area contributed by atoms with E-state index in [0.29, 0.717) is 13.0 Å². The standard InChI is InChI=1S/C23H25ClN2O3/c1-22(2)14-23(11-12-28-22)26-19(16-8-6-10-20(27-3)21(16)29-23)13-18(25-26)15-7-4-5-9-17(15)24/h4-10,19H,11-14H2,1-3H3/t19-,23-/m1/s1. The van der Waals surface area contributed by atoms with E-state index in [1.54, 1.807) is 7.11 Å². The molecule has 3 aliphatic heterocycles. The summed E-state index contributed by atoms with van der Waals surface area (Å²) in [4.78, 5) is 0. The summed E-state index contributed by atoms with van der Waals surface area (Å²) in [5.41, 5.74) is 2.20. The number of rotatable bonds is 2. The highest BCUT2D eigenvalue weighted by Crippen LogP contribution is 2.54. The fourth-order valence-electron chi connectivity index (χ4n) is 4.86. The Morgan fingerprint density at radius 3 is 2.76 bits per heavy atom. The lowest BCUT2D eigenvalue weighted by Gasteiger charge is -2.52. The Morgan fingerprint density at radius 1 is 1.17 bits per heavy atom. The molecule has 0 bridgehead atoms. The summed E-state index contributed by atoms with van der Waals surface area (Å²) in [5, 5.41) is 7.97. The van der Waals surface area contributed by atoms with Crippen LogP contribution in [0.25, 0.3) is 0 Å². The second-order valence-electron chi connectivity index (χ2n) is 8.55. The molecular formula is C23H25ClN2O3. The Bertz CT molecular complexity index is 990. The first kappa shape index (κ1) is 18.8. The van der Waals surface area contributed by atoms with Gasteiger partial charge in [-0.05, 0) is 26.0 Å². The molecule has 0 aliphatic carbocycles. The highest BCUT2D eigenvalue weighted by atomic mass is 35.5. The maximum Gasteiger partial charge on any atom is 0.203 e. The number of hydrogen-bond donors (Lipinski definition) is 0. The molecule has 2 aromatic carbocycles. The first-order valence-electron chi connectivity index (χ1n) is 10.0. The van der Waals surface area contributed by atoms with Crippen molar-refractivity contribution in [3.05, 3.63) is 58.6 Å². The summed E-state index contributed by atoms with van der Waals surface area (Å²) >= 11 is 6.50. The van der Waals surface area contributed by atoms with Crippen LogP contribution in [0.5, 0.6) is 11.5 Å². The van der Waals surface area contributed by atoms with Crippen LogP contribution in [0.1, 0.15) is 50.3 Å². The molecule has 3 heterocycles. The Labute approximate surface area is 176 Å². The summed E-state index contributed by atoms with van der Waals surface area (Å²) in [6.45, 7) is 4.84. The maximum absolute atomic E-state index is 6.73. The number of nitrogens with zero attached hydrogens (tertiary/aromatic N) is 2. The second-order valence-corrected chi connectivity index (χ2v) is 8.96. The quantitative estimate of drug-likeness (QED) is 0.681. The van der Waals surface area contributed by atoms with Crippen molar-refractivity contribution in [1.82, 2.24) is 5.01 Å². The average Bonchev–Trinajstić information content (AvgIpc) is 3.14. The van der Waals surface area contributed by atoms with Gasteiger partial charge in [0.2, 0.25) is 5.72 Å². The highest BCUT2D eigenvalue weighted by Gasteiger charge is 2.55. The third-order valence-corrected chi connectivity index (χ3v) is 6.41. The lowest BCUT2D eigenvalue weighted by atomic mass is 9.86. The molecule has 0 amide bonds. The predicted octanol–water partition coefficient (Wildman–Crippen LogP) is 5.18. The predicted molar refractivity (Wildman–Crippen MR) is 113 cm³/mol. The van der Waals surface area contributed by atoms with Crippen molar-refractivity contribution in [3.8, 4) is 11.5 Å². The van der Waals surface area contributed by atoms with Crippen LogP contribution in [0.4, 0.5) is 0 Å². The van der Waals surface area contributed by atoms with Gasteiger partial charge >= 0.3 is 0 Å². The minimum Gasteiger partial charge on any atom is -0.493 e. The zero-order chi connectivity index (χ0) is 20.2. The van der Waals surface area contributed by atoms with E-state index in [-0.39, 0.29) is 11.6 Å². The van der Waals surface area contributed by atoms with Crippen LogP contribution in [0.2, 0.25) is 5.02 Å². The fourth-order valence-corrected chi connectivity index (χ4v) is 5.11. The van der Waals surface area contributed by atoms with E-state index in [2.05, 4.69) is 24.9 Å². The van der Waals surface area contributed by atoms with Crippen LogP contribution in [0, 0.1) is 0 Å². The van der Waals surface area contributed by atoms with Crippen molar-refractivity contribution in [2.45, 2.75) is 50.5 Å². The van der Waals surface area contributed by atoms with Crippen molar-refractivity contribution in [3.63, 3.8) is 0 Å². The first-order valence-corrected chi connectivity index (χ1v) is 10.4. The van der Waals surface area contributed by atoms with Gasteiger partial charge in [0, 0.05) is 35.4 Å². The number of para-hydroxylation sites is 1. The van der Waals surface area contributed by atoms with Gasteiger partial charge in [0.1, 0.15) is 0 Å². The van der Waals surface area contributed by atoms with Gasteiger partial charge in [-0.1, -0.05) is 41.9 Å². The number of fused-ring (bicyclic) bond motifs is 4. The number of hydrazone groups is 1. The molecule has 0 saturated carbocycles. The molecular weight excluding hydrogens is 388 g/mol. The van der Waals surface area contributed by atoms with Crippen molar-refractivity contribution in [1.29, 1.82) is 0 Å². The van der Waals surface area contributed by atoms with Crippen molar-refractivity contribution >= 4 is 17.3 Å². The summed E-state index contributed by atoms with van der Waals surface area (Å²) in [7, 11) is 1.69. The molecule has 1 saturated heterocycles. The third-order valence-electron chi connectivity index (χ3n) is 6.08. The van der Waals surface area contributed by atoms with E-state index in [4.69, 9.17) is 30.9 Å².